The van der Waals surface area contributed by atoms with Gasteiger partial charge in [-0.15, -0.1) is 0 Å². The highest BCUT2D eigenvalue weighted by Gasteiger charge is 2.19. The van der Waals surface area contributed by atoms with E-state index in [1.165, 1.54) is 24.0 Å². The Morgan fingerprint density at radius 2 is 1.83 bits per heavy atom. The molecule has 0 radical (unpaired) electrons. The summed E-state index contributed by atoms with van der Waals surface area (Å²) in [5.41, 5.74) is 5.93. The highest BCUT2D eigenvalue weighted by atomic mass is 16.2. The summed E-state index contributed by atoms with van der Waals surface area (Å²) in [4.78, 5) is 22.5. The van der Waals surface area contributed by atoms with Gasteiger partial charge in [-0.1, -0.05) is 42.0 Å². The van der Waals surface area contributed by atoms with Crippen LogP contribution in [0.25, 0.3) is 22.2 Å². The molecule has 0 saturated carbocycles. The Morgan fingerprint density at radius 1 is 1.07 bits per heavy atom. The second-order valence-corrected chi connectivity index (χ2v) is 8.17. The monoisotopic (exact) mass is 387 g/mol. The molecule has 1 aliphatic heterocycles. The normalized spacial score (nSPS) is 14.4. The second kappa shape index (κ2) is 8.34. The lowest BCUT2D eigenvalue weighted by Crippen LogP contribution is -2.35. The van der Waals surface area contributed by atoms with Crippen LogP contribution in [-0.4, -0.2) is 53.9 Å². The van der Waals surface area contributed by atoms with E-state index < -0.39 is 0 Å². The molecule has 0 atom stereocenters. The SMILES string of the molecule is Cc1ccc(-c2cc(C(=O)N(C)CCN3CCCC3)c3ccccc3n2)c(C)c1. The average molecular weight is 388 g/mol. The number of nitrogens with zero attached hydrogens (tertiary/aromatic N) is 3. The first-order chi connectivity index (χ1) is 14.0. The van der Waals surface area contributed by atoms with Crippen LogP contribution in [0.2, 0.25) is 0 Å². The molecule has 2 aromatic carbocycles. The van der Waals surface area contributed by atoms with E-state index in [2.05, 4.69) is 36.9 Å². The van der Waals surface area contributed by atoms with Crippen molar-refractivity contribution < 1.29 is 4.79 Å². The number of pyridine rings is 1. The van der Waals surface area contributed by atoms with Crippen LogP contribution in [0, 0.1) is 13.8 Å². The average Bonchev–Trinajstić information content (AvgIpc) is 3.24. The lowest BCUT2D eigenvalue weighted by atomic mass is 9.99. The maximum absolute atomic E-state index is 13.4. The summed E-state index contributed by atoms with van der Waals surface area (Å²) in [6.45, 7) is 8.18. The van der Waals surface area contributed by atoms with Gasteiger partial charge in [0.15, 0.2) is 0 Å². The fourth-order valence-electron chi connectivity index (χ4n) is 4.20. The first-order valence-corrected chi connectivity index (χ1v) is 10.5. The predicted octanol–water partition coefficient (Wildman–Crippen LogP) is 4.69. The van der Waals surface area contributed by atoms with Gasteiger partial charge in [-0.25, -0.2) is 4.98 Å². The van der Waals surface area contributed by atoms with Crippen molar-refractivity contribution in [3.63, 3.8) is 0 Å². The third kappa shape index (κ3) is 4.18. The maximum Gasteiger partial charge on any atom is 0.254 e. The highest BCUT2D eigenvalue weighted by molar-refractivity contribution is 6.07. The smallest absolute Gasteiger partial charge is 0.254 e. The number of aryl methyl sites for hydroxylation is 2. The molecule has 150 valence electrons. The van der Waals surface area contributed by atoms with Gasteiger partial charge in [0.25, 0.3) is 5.91 Å². The van der Waals surface area contributed by atoms with Crippen LogP contribution in [0.4, 0.5) is 0 Å². The Morgan fingerprint density at radius 3 is 2.59 bits per heavy atom. The second-order valence-electron chi connectivity index (χ2n) is 8.17. The number of amides is 1. The molecule has 1 aliphatic rings. The van der Waals surface area contributed by atoms with Crippen molar-refractivity contribution >= 4 is 16.8 Å². The maximum atomic E-state index is 13.4. The van der Waals surface area contributed by atoms with E-state index in [9.17, 15) is 4.79 Å². The molecule has 0 bridgehead atoms. The third-order valence-electron chi connectivity index (χ3n) is 5.90. The zero-order chi connectivity index (χ0) is 20.4. The topological polar surface area (TPSA) is 36.4 Å². The van der Waals surface area contributed by atoms with Crippen LogP contribution < -0.4 is 0 Å². The summed E-state index contributed by atoms with van der Waals surface area (Å²) in [5.74, 6) is 0.0637. The summed E-state index contributed by atoms with van der Waals surface area (Å²) >= 11 is 0. The number of hydrogen-bond donors (Lipinski definition) is 0. The van der Waals surface area contributed by atoms with Crippen molar-refractivity contribution in [3.05, 3.63) is 65.2 Å². The number of likely N-dealkylation sites (N-methyl/N-ethyl adjacent to an activating group) is 1. The van der Waals surface area contributed by atoms with Crippen molar-refractivity contribution in [2.75, 3.05) is 33.2 Å². The van der Waals surface area contributed by atoms with Crippen LogP contribution >= 0.6 is 0 Å². The lowest BCUT2D eigenvalue weighted by molar-refractivity contribution is 0.0784. The molecule has 1 saturated heterocycles. The van der Waals surface area contributed by atoms with E-state index >= 15 is 0 Å². The standard InChI is InChI=1S/C25H29N3O/c1-18-10-11-20(19(2)16-18)24-17-22(21-8-4-5-9-23(21)26-24)25(29)27(3)14-15-28-12-6-7-13-28/h4-5,8-11,16-17H,6-7,12-15H2,1-3H3. The Hall–Kier alpha value is -2.72. The van der Waals surface area contributed by atoms with Crippen LogP contribution in [0.15, 0.2) is 48.5 Å². The summed E-state index contributed by atoms with van der Waals surface area (Å²) in [6.07, 6.45) is 2.54. The molecule has 2 heterocycles. The van der Waals surface area contributed by atoms with Gasteiger partial charge in [0.2, 0.25) is 0 Å². The van der Waals surface area contributed by atoms with Crippen molar-refractivity contribution in [3.8, 4) is 11.3 Å². The summed E-state index contributed by atoms with van der Waals surface area (Å²) in [6, 6.07) is 16.3. The summed E-state index contributed by atoms with van der Waals surface area (Å²) < 4.78 is 0. The number of hydrogen-bond acceptors (Lipinski definition) is 3. The molecule has 1 fully saturated rings. The van der Waals surface area contributed by atoms with E-state index in [4.69, 9.17) is 4.98 Å². The van der Waals surface area contributed by atoms with E-state index in [1.54, 1.807) is 0 Å². The number of rotatable bonds is 5. The molecule has 4 rings (SSSR count). The van der Waals surface area contributed by atoms with E-state index in [0.717, 1.165) is 53.9 Å². The van der Waals surface area contributed by atoms with Crippen LogP contribution in [-0.2, 0) is 0 Å². The highest BCUT2D eigenvalue weighted by Crippen LogP contribution is 2.28. The molecule has 0 unspecified atom stereocenters. The fraction of sp³-hybridized carbons (Fsp3) is 0.360. The zero-order valence-corrected chi connectivity index (χ0v) is 17.6. The zero-order valence-electron chi connectivity index (χ0n) is 17.6. The fourth-order valence-corrected chi connectivity index (χ4v) is 4.20. The molecule has 0 N–H and O–H groups in total. The minimum absolute atomic E-state index is 0.0637. The number of benzene rings is 2. The van der Waals surface area contributed by atoms with Crippen LogP contribution in [0.1, 0.15) is 34.3 Å². The third-order valence-corrected chi connectivity index (χ3v) is 5.90. The first-order valence-electron chi connectivity index (χ1n) is 10.5. The number of aromatic nitrogens is 1. The lowest BCUT2D eigenvalue weighted by Gasteiger charge is -2.22. The number of carbonyl (C=O) groups excluding carboxylic acids is 1. The van der Waals surface area contributed by atoms with Crippen molar-refractivity contribution in [1.82, 2.24) is 14.8 Å². The van der Waals surface area contributed by atoms with Crippen molar-refractivity contribution in [2.45, 2.75) is 26.7 Å². The summed E-state index contributed by atoms with van der Waals surface area (Å²) in [5, 5.41) is 0.916. The molecule has 3 aromatic rings. The van der Waals surface area contributed by atoms with Gasteiger partial charge in [0, 0.05) is 31.1 Å². The summed E-state index contributed by atoms with van der Waals surface area (Å²) in [7, 11) is 1.91. The van der Waals surface area contributed by atoms with Gasteiger partial charge in [-0.3, -0.25) is 4.79 Å². The molecule has 29 heavy (non-hydrogen) atoms. The first kappa shape index (κ1) is 19.6. The van der Waals surface area contributed by atoms with Crippen LogP contribution in [0.5, 0.6) is 0 Å². The largest absolute Gasteiger partial charge is 0.340 e. The molecule has 1 aromatic heterocycles. The Labute approximate surface area is 173 Å². The number of fused-ring (bicyclic) bond motifs is 1. The molecular weight excluding hydrogens is 358 g/mol. The molecular formula is C25H29N3O. The molecule has 0 aliphatic carbocycles. The Balaban J connectivity index is 1.69. The number of likely N-dealkylation sites (tertiary alicyclic amines) is 1. The van der Waals surface area contributed by atoms with Gasteiger partial charge in [-0.2, -0.15) is 0 Å². The molecule has 4 heteroatoms. The molecule has 4 nitrogen and oxygen atoms in total. The molecule has 1 amide bonds. The van der Waals surface area contributed by atoms with Crippen molar-refractivity contribution in [1.29, 1.82) is 0 Å². The van der Waals surface area contributed by atoms with E-state index in [-0.39, 0.29) is 5.91 Å². The number of carbonyl (C=O) groups is 1. The van der Waals surface area contributed by atoms with Gasteiger partial charge in [0.05, 0.1) is 16.8 Å². The van der Waals surface area contributed by atoms with E-state index in [1.807, 2.05) is 42.3 Å². The van der Waals surface area contributed by atoms with Gasteiger partial charge < -0.3 is 9.80 Å². The minimum Gasteiger partial charge on any atom is -0.340 e. The van der Waals surface area contributed by atoms with Gasteiger partial charge in [-0.05, 0) is 57.5 Å². The molecule has 0 spiro atoms. The van der Waals surface area contributed by atoms with Crippen molar-refractivity contribution in [2.24, 2.45) is 0 Å². The van der Waals surface area contributed by atoms with Crippen LogP contribution in [0.3, 0.4) is 0 Å². The Bertz CT molecular complexity index is 1040. The predicted molar refractivity (Wildman–Crippen MR) is 119 cm³/mol. The number of para-hydroxylation sites is 1. The van der Waals surface area contributed by atoms with Gasteiger partial charge in [0.1, 0.15) is 0 Å². The van der Waals surface area contributed by atoms with E-state index in [0.29, 0.717) is 0 Å². The van der Waals surface area contributed by atoms with Gasteiger partial charge >= 0.3 is 0 Å². The Kier molecular flexibility index (Phi) is 5.63. The minimum atomic E-state index is 0.0637. The quantitative estimate of drug-likeness (QED) is 0.637.